The molecule has 2 atom stereocenters. The lowest BCUT2D eigenvalue weighted by Crippen LogP contribution is -2.44. The van der Waals surface area contributed by atoms with Crippen molar-refractivity contribution in [3.8, 4) is 0 Å². The van der Waals surface area contributed by atoms with Crippen LogP contribution in [0.15, 0.2) is 0 Å². The second kappa shape index (κ2) is 4.39. The van der Waals surface area contributed by atoms with Crippen molar-refractivity contribution < 1.29 is 19.4 Å². The van der Waals surface area contributed by atoms with Crippen LogP contribution in [0.5, 0.6) is 0 Å². The van der Waals surface area contributed by atoms with Crippen molar-refractivity contribution in [2.45, 2.75) is 18.6 Å². The molecule has 0 aromatic heterocycles. The molecule has 3 N–H and O–H groups in total. The predicted octanol–water partition coefficient (Wildman–Crippen LogP) is -1.92. The summed E-state index contributed by atoms with van der Waals surface area (Å²) in [5.41, 5.74) is 5.18. The number of likely N-dealkylation sites (tertiary alicyclic amines) is 1. The zero-order valence-electron chi connectivity index (χ0n) is 7.97. The van der Waals surface area contributed by atoms with Gasteiger partial charge in [-0.3, -0.25) is 4.79 Å². The number of amides is 1. The Hall–Kier alpha value is -1.14. The maximum Gasteiger partial charge on any atom is 0.328 e. The molecule has 1 saturated heterocycles. The second-order valence-electron chi connectivity index (χ2n) is 3.18. The fourth-order valence-electron chi connectivity index (χ4n) is 1.57. The number of esters is 1. The molecule has 0 aromatic carbocycles. The van der Waals surface area contributed by atoms with E-state index in [-0.39, 0.29) is 25.4 Å². The summed E-state index contributed by atoms with van der Waals surface area (Å²) in [6.45, 7) is -0.0178. The van der Waals surface area contributed by atoms with E-state index in [4.69, 9.17) is 5.73 Å². The number of methoxy groups -OCH3 is 1. The molecule has 0 saturated carbocycles. The van der Waals surface area contributed by atoms with Gasteiger partial charge in [-0.25, -0.2) is 4.79 Å². The van der Waals surface area contributed by atoms with Gasteiger partial charge in [-0.2, -0.15) is 0 Å². The summed E-state index contributed by atoms with van der Waals surface area (Å²) in [6, 6.07) is -0.689. The number of ether oxygens (including phenoxy) is 1. The third-order valence-corrected chi connectivity index (χ3v) is 2.25. The van der Waals surface area contributed by atoms with Gasteiger partial charge in [0.1, 0.15) is 6.04 Å². The summed E-state index contributed by atoms with van der Waals surface area (Å²) in [5, 5.41) is 9.32. The smallest absolute Gasteiger partial charge is 0.328 e. The van der Waals surface area contributed by atoms with E-state index in [0.29, 0.717) is 0 Å². The van der Waals surface area contributed by atoms with Crippen LogP contribution in [0.4, 0.5) is 0 Å². The number of rotatable bonds is 2. The van der Waals surface area contributed by atoms with Gasteiger partial charge in [0.05, 0.1) is 19.8 Å². The Bertz CT molecular complexity index is 219. The number of β-amino-alcohol motifs (C(OH)–C–C–N with tert-alkyl or cyclic N) is 1. The number of hydrogen-bond donors (Lipinski definition) is 2. The number of hydrogen-bond acceptors (Lipinski definition) is 5. The lowest BCUT2D eigenvalue weighted by molar-refractivity contribution is -0.150. The highest BCUT2D eigenvalue weighted by molar-refractivity contribution is 5.86. The number of carbonyl (C=O) groups excluding carboxylic acids is 2. The molecular weight excluding hydrogens is 188 g/mol. The molecule has 1 aliphatic rings. The average molecular weight is 202 g/mol. The summed E-state index contributed by atoms with van der Waals surface area (Å²) in [6.07, 6.45) is -0.451. The highest BCUT2D eigenvalue weighted by atomic mass is 16.5. The molecule has 1 unspecified atom stereocenters. The van der Waals surface area contributed by atoms with E-state index in [9.17, 15) is 14.7 Å². The first kappa shape index (κ1) is 10.9. The van der Waals surface area contributed by atoms with Gasteiger partial charge in [0, 0.05) is 13.0 Å². The SMILES string of the molecule is COC(=O)[C@@H]1CC(O)CN1C(=O)CN. The van der Waals surface area contributed by atoms with Crippen LogP contribution in [0.1, 0.15) is 6.42 Å². The molecule has 0 aliphatic carbocycles. The predicted molar refractivity (Wildman–Crippen MR) is 47.2 cm³/mol. The Morgan fingerprint density at radius 1 is 1.64 bits per heavy atom. The molecule has 80 valence electrons. The van der Waals surface area contributed by atoms with Crippen molar-refractivity contribution in [3.63, 3.8) is 0 Å². The van der Waals surface area contributed by atoms with Gasteiger partial charge in [0.15, 0.2) is 0 Å². The Labute approximate surface area is 81.6 Å². The van der Waals surface area contributed by atoms with E-state index in [1.807, 2.05) is 0 Å². The van der Waals surface area contributed by atoms with Crippen LogP contribution in [0.2, 0.25) is 0 Å². The maximum atomic E-state index is 11.3. The quantitative estimate of drug-likeness (QED) is 0.509. The van der Waals surface area contributed by atoms with Crippen LogP contribution in [0.3, 0.4) is 0 Å². The van der Waals surface area contributed by atoms with Crippen molar-refractivity contribution in [2.24, 2.45) is 5.73 Å². The standard InChI is InChI=1S/C8H14N2O4/c1-14-8(13)6-2-5(11)4-10(6)7(12)3-9/h5-6,11H,2-4,9H2,1H3/t5?,6-/m0/s1. The van der Waals surface area contributed by atoms with Crippen molar-refractivity contribution in [1.82, 2.24) is 4.90 Å². The Balaban J connectivity index is 2.72. The summed E-state index contributed by atoms with van der Waals surface area (Å²) in [5.74, 6) is -0.861. The van der Waals surface area contributed by atoms with Crippen LogP contribution >= 0.6 is 0 Å². The Morgan fingerprint density at radius 2 is 2.29 bits per heavy atom. The van der Waals surface area contributed by atoms with E-state index in [1.54, 1.807) is 0 Å². The van der Waals surface area contributed by atoms with E-state index < -0.39 is 18.1 Å². The molecule has 6 nitrogen and oxygen atoms in total. The topological polar surface area (TPSA) is 92.9 Å². The zero-order chi connectivity index (χ0) is 10.7. The summed E-state index contributed by atoms with van der Waals surface area (Å²) in [7, 11) is 1.25. The van der Waals surface area contributed by atoms with Crippen LogP contribution in [-0.2, 0) is 14.3 Å². The summed E-state index contributed by atoms with van der Waals surface area (Å²) in [4.78, 5) is 23.8. The minimum Gasteiger partial charge on any atom is -0.467 e. The lowest BCUT2D eigenvalue weighted by Gasteiger charge is -2.21. The number of aliphatic hydroxyl groups excluding tert-OH is 1. The molecule has 1 fully saturated rings. The number of nitrogens with two attached hydrogens (primary N) is 1. The van der Waals surface area contributed by atoms with Gasteiger partial charge in [-0.15, -0.1) is 0 Å². The monoisotopic (exact) mass is 202 g/mol. The molecule has 0 aromatic rings. The molecule has 14 heavy (non-hydrogen) atoms. The third-order valence-electron chi connectivity index (χ3n) is 2.25. The third kappa shape index (κ3) is 2.02. The minimum absolute atomic E-state index is 0.149. The molecule has 1 amide bonds. The molecule has 0 bridgehead atoms. The van der Waals surface area contributed by atoms with E-state index in [1.165, 1.54) is 12.0 Å². The molecule has 1 aliphatic heterocycles. The number of nitrogens with zero attached hydrogens (tertiary/aromatic N) is 1. The normalized spacial score (nSPS) is 26.4. The van der Waals surface area contributed by atoms with Gasteiger partial charge in [-0.1, -0.05) is 0 Å². The van der Waals surface area contributed by atoms with Gasteiger partial charge < -0.3 is 20.5 Å². The molecular formula is C8H14N2O4. The number of aliphatic hydroxyl groups is 1. The van der Waals surface area contributed by atoms with Crippen molar-refractivity contribution in [3.05, 3.63) is 0 Å². The zero-order valence-corrected chi connectivity index (χ0v) is 7.97. The van der Waals surface area contributed by atoms with Gasteiger partial charge in [0.25, 0.3) is 0 Å². The summed E-state index contributed by atoms with van der Waals surface area (Å²) < 4.78 is 4.52. The number of carbonyl (C=O) groups is 2. The van der Waals surface area contributed by atoms with Gasteiger partial charge >= 0.3 is 5.97 Å². The van der Waals surface area contributed by atoms with Crippen LogP contribution in [0.25, 0.3) is 0 Å². The first-order valence-electron chi connectivity index (χ1n) is 4.35. The first-order chi connectivity index (χ1) is 6.60. The van der Waals surface area contributed by atoms with Crippen molar-refractivity contribution in [2.75, 3.05) is 20.2 Å². The highest BCUT2D eigenvalue weighted by Gasteiger charge is 2.38. The molecule has 6 heteroatoms. The highest BCUT2D eigenvalue weighted by Crippen LogP contribution is 2.18. The second-order valence-corrected chi connectivity index (χ2v) is 3.18. The Morgan fingerprint density at radius 3 is 2.79 bits per heavy atom. The van der Waals surface area contributed by atoms with Gasteiger partial charge in [-0.05, 0) is 0 Å². The van der Waals surface area contributed by atoms with Crippen LogP contribution in [-0.4, -0.2) is 54.2 Å². The van der Waals surface area contributed by atoms with E-state index in [2.05, 4.69) is 4.74 Å². The minimum atomic E-state index is -0.689. The van der Waals surface area contributed by atoms with E-state index in [0.717, 1.165) is 0 Å². The van der Waals surface area contributed by atoms with Gasteiger partial charge in [0.2, 0.25) is 5.91 Å². The maximum absolute atomic E-state index is 11.3. The summed E-state index contributed by atoms with van der Waals surface area (Å²) >= 11 is 0. The molecule has 0 radical (unpaired) electrons. The van der Waals surface area contributed by atoms with Crippen molar-refractivity contribution in [1.29, 1.82) is 0 Å². The fraction of sp³-hybridized carbons (Fsp3) is 0.750. The van der Waals surface area contributed by atoms with Crippen LogP contribution in [0, 0.1) is 0 Å². The lowest BCUT2D eigenvalue weighted by atomic mass is 10.2. The molecule has 1 heterocycles. The van der Waals surface area contributed by atoms with Crippen molar-refractivity contribution >= 4 is 11.9 Å². The van der Waals surface area contributed by atoms with Crippen LogP contribution < -0.4 is 5.73 Å². The first-order valence-corrected chi connectivity index (χ1v) is 4.35. The fourth-order valence-corrected chi connectivity index (χ4v) is 1.57. The van der Waals surface area contributed by atoms with E-state index >= 15 is 0 Å². The molecule has 0 spiro atoms. The average Bonchev–Trinajstić information content (AvgIpc) is 2.58. The largest absolute Gasteiger partial charge is 0.467 e. The molecule has 1 rings (SSSR count). The Kier molecular flexibility index (Phi) is 3.43.